The first-order valence-corrected chi connectivity index (χ1v) is 13.7. The lowest BCUT2D eigenvalue weighted by Gasteiger charge is -2.37. The Kier molecular flexibility index (Phi) is 7.12. The second kappa shape index (κ2) is 10.8. The van der Waals surface area contributed by atoms with E-state index in [0.29, 0.717) is 24.1 Å². The number of benzene rings is 2. The summed E-state index contributed by atoms with van der Waals surface area (Å²) in [7, 11) is 0. The Balaban J connectivity index is 1.04. The number of nitrogen functional groups attached to an aromatic ring is 1. The second-order valence-corrected chi connectivity index (χ2v) is 11.1. The number of thiophene rings is 1. The highest BCUT2D eigenvalue weighted by Gasteiger charge is 2.45. The van der Waals surface area contributed by atoms with Gasteiger partial charge in [0.1, 0.15) is 37.7 Å². The van der Waals surface area contributed by atoms with Crippen molar-refractivity contribution < 1.29 is 14.2 Å². The number of piperazine rings is 1. The molecule has 38 heavy (non-hydrogen) atoms. The van der Waals surface area contributed by atoms with E-state index < -0.39 is 5.79 Å². The van der Waals surface area contributed by atoms with Gasteiger partial charge >= 0.3 is 0 Å². The van der Waals surface area contributed by atoms with Crippen LogP contribution in [0, 0.1) is 0 Å². The Labute approximate surface area is 230 Å². The normalized spacial score (nSPS) is 21.7. The van der Waals surface area contributed by atoms with Crippen molar-refractivity contribution >= 4 is 40.0 Å². The number of rotatable bonds is 8. The molecule has 2 unspecified atom stereocenters. The summed E-state index contributed by atoms with van der Waals surface area (Å²) in [6.45, 7) is 4.95. The fraction of sp³-hybridized carbons (Fsp3) is 0.333. The molecule has 2 N–H and O–H groups in total. The van der Waals surface area contributed by atoms with Crippen molar-refractivity contribution in [3.05, 3.63) is 82.5 Å². The Morgan fingerprint density at radius 2 is 1.82 bits per heavy atom. The van der Waals surface area contributed by atoms with Crippen LogP contribution in [0.5, 0.6) is 5.75 Å². The monoisotopic (exact) mass is 552 g/mol. The zero-order chi connectivity index (χ0) is 26.0. The van der Waals surface area contributed by atoms with Crippen LogP contribution in [0.4, 0.5) is 17.1 Å². The molecule has 2 aromatic heterocycles. The predicted molar refractivity (Wildman–Crippen MR) is 149 cm³/mol. The van der Waals surface area contributed by atoms with E-state index in [9.17, 15) is 0 Å². The molecule has 4 heterocycles. The first-order chi connectivity index (χ1) is 18.6. The molecule has 0 amide bonds. The molecule has 2 aromatic carbocycles. The van der Waals surface area contributed by atoms with Crippen molar-refractivity contribution in [3.63, 3.8) is 0 Å². The van der Waals surface area contributed by atoms with Crippen molar-refractivity contribution in [1.29, 1.82) is 0 Å². The van der Waals surface area contributed by atoms with E-state index in [4.69, 9.17) is 31.5 Å². The molecule has 0 saturated carbocycles. The summed E-state index contributed by atoms with van der Waals surface area (Å²) in [6.07, 6.45) is 2.90. The van der Waals surface area contributed by atoms with Gasteiger partial charge in [-0.25, -0.2) is 9.67 Å². The summed E-state index contributed by atoms with van der Waals surface area (Å²) in [5, 5.41) is 4.22. The maximum Gasteiger partial charge on any atom is 0.225 e. The van der Waals surface area contributed by atoms with Gasteiger partial charge in [0.05, 0.1) is 15.8 Å². The van der Waals surface area contributed by atoms with Gasteiger partial charge in [-0.1, -0.05) is 17.7 Å². The third kappa shape index (κ3) is 5.44. The molecule has 0 radical (unpaired) electrons. The molecule has 2 aliphatic rings. The molecule has 198 valence electrons. The fourth-order valence-electron chi connectivity index (χ4n) is 4.87. The number of halogens is 1. The average Bonchev–Trinajstić information content (AvgIpc) is 3.71. The van der Waals surface area contributed by atoms with E-state index in [1.165, 1.54) is 29.0 Å². The van der Waals surface area contributed by atoms with Gasteiger partial charge in [-0.15, -0.1) is 11.3 Å². The Bertz CT molecular complexity index is 1340. The molecule has 2 atom stereocenters. The summed E-state index contributed by atoms with van der Waals surface area (Å²) in [4.78, 5) is 9.69. The second-order valence-electron chi connectivity index (χ2n) is 9.37. The summed E-state index contributed by atoms with van der Waals surface area (Å²) in [5.74, 6) is -0.180. The fourth-order valence-corrected chi connectivity index (χ4v) is 5.99. The average molecular weight is 553 g/mol. The molecule has 6 rings (SSSR count). The van der Waals surface area contributed by atoms with E-state index in [-0.39, 0.29) is 6.10 Å². The molecule has 2 saturated heterocycles. The summed E-state index contributed by atoms with van der Waals surface area (Å²) >= 11 is 7.64. The van der Waals surface area contributed by atoms with Crippen molar-refractivity contribution in [2.24, 2.45) is 0 Å². The van der Waals surface area contributed by atoms with Gasteiger partial charge in [-0.2, -0.15) is 5.10 Å². The number of nitrogens with zero attached hydrogens (tertiary/aromatic N) is 5. The topological polar surface area (TPSA) is 90.9 Å². The lowest BCUT2D eigenvalue weighted by molar-refractivity contribution is -0.188. The van der Waals surface area contributed by atoms with Crippen LogP contribution < -0.4 is 20.3 Å². The van der Waals surface area contributed by atoms with Crippen LogP contribution in [0.2, 0.25) is 4.34 Å². The molecular formula is C27H29ClN6O3S. The van der Waals surface area contributed by atoms with Crippen molar-refractivity contribution in [2.75, 3.05) is 54.9 Å². The van der Waals surface area contributed by atoms with Crippen molar-refractivity contribution in [2.45, 2.75) is 18.4 Å². The number of ether oxygens (including phenoxy) is 3. The van der Waals surface area contributed by atoms with Gasteiger partial charge in [0, 0.05) is 43.2 Å². The molecule has 9 nitrogen and oxygen atoms in total. The first kappa shape index (κ1) is 25.0. The summed E-state index contributed by atoms with van der Waals surface area (Å²) < 4.78 is 21.1. The number of aromatic nitrogens is 3. The van der Waals surface area contributed by atoms with Gasteiger partial charge in [0.2, 0.25) is 5.79 Å². The molecule has 4 aromatic rings. The molecule has 0 spiro atoms. The van der Waals surface area contributed by atoms with E-state index in [1.807, 2.05) is 42.5 Å². The lowest BCUT2D eigenvalue weighted by atomic mass is 10.2. The van der Waals surface area contributed by atoms with Crippen molar-refractivity contribution in [3.8, 4) is 5.75 Å². The highest BCUT2D eigenvalue weighted by Crippen LogP contribution is 2.41. The quantitative estimate of drug-likeness (QED) is 0.324. The van der Waals surface area contributed by atoms with Gasteiger partial charge in [0.25, 0.3) is 0 Å². The number of hydrogen-bond donors (Lipinski definition) is 1. The van der Waals surface area contributed by atoms with Gasteiger partial charge < -0.3 is 29.7 Å². The molecule has 0 aliphatic carbocycles. The summed E-state index contributed by atoms with van der Waals surface area (Å²) in [5.41, 5.74) is 9.12. The van der Waals surface area contributed by atoms with Crippen LogP contribution in [-0.2, 0) is 21.8 Å². The molecule has 2 aliphatic heterocycles. The minimum atomic E-state index is -0.975. The van der Waals surface area contributed by atoms with E-state index in [1.54, 1.807) is 11.0 Å². The Morgan fingerprint density at radius 1 is 1.03 bits per heavy atom. The van der Waals surface area contributed by atoms with Crippen LogP contribution in [-0.4, -0.2) is 60.3 Å². The zero-order valence-electron chi connectivity index (χ0n) is 20.8. The minimum absolute atomic E-state index is 0.237. The van der Waals surface area contributed by atoms with Gasteiger partial charge in [-0.05, 0) is 54.6 Å². The van der Waals surface area contributed by atoms with Crippen LogP contribution in [0.1, 0.15) is 4.88 Å². The van der Waals surface area contributed by atoms with E-state index in [2.05, 4.69) is 38.1 Å². The third-order valence-corrected chi connectivity index (χ3v) is 8.15. The largest absolute Gasteiger partial charge is 0.491 e. The smallest absolute Gasteiger partial charge is 0.225 e. The zero-order valence-corrected chi connectivity index (χ0v) is 22.4. The van der Waals surface area contributed by atoms with Crippen LogP contribution in [0.25, 0.3) is 0 Å². The molecule has 2 fully saturated rings. The van der Waals surface area contributed by atoms with Crippen LogP contribution in [0.3, 0.4) is 0 Å². The van der Waals surface area contributed by atoms with Gasteiger partial charge in [-0.3, -0.25) is 0 Å². The first-order valence-electron chi connectivity index (χ1n) is 12.5. The maximum absolute atomic E-state index is 6.41. The lowest BCUT2D eigenvalue weighted by Crippen LogP contribution is -2.46. The van der Waals surface area contributed by atoms with Crippen molar-refractivity contribution in [1.82, 2.24) is 14.8 Å². The van der Waals surface area contributed by atoms with Crippen LogP contribution >= 0.6 is 22.9 Å². The number of nitrogens with two attached hydrogens (primary N) is 1. The van der Waals surface area contributed by atoms with E-state index >= 15 is 0 Å². The standard InChI is InChI=1S/C27H29ClN6O3S/c28-26-9-8-25(38-26)27(17-34-19-30-18-31-34)36-16-24(37-27)15-35-23-6-4-21(5-7-23)32-10-12-33(13-11-32)22-3-1-2-20(29)14-22/h1-9,14,18-19,24H,10-13,15-17,29H2. The summed E-state index contributed by atoms with van der Waals surface area (Å²) in [6, 6.07) is 20.1. The van der Waals surface area contributed by atoms with Gasteiger partial charge in [0.15, 0.2) is 0 Å². The highest BCUT2D eigenvalue weighted by molar-refractivity contribution is 7.16. The maximum atomic E-state index is 6.41. The molecule has 0 bridgehead atoms. The number of anilines is 3. The van der Waals surface area contributed by atoms with Crippen LogP contribution in [0.15, 0.2) is 73.3 Å². The number of hydrogen-bond acceptors (Lipinski definition) is 9. The minimum Gasteiger partial charge on any atom is -0.491 e. The third-order valence-electron chi connectivity index (χ3n) is 6.80. The Hall–Kier alpha value is -3.31. The Morgan fingerprint density at radius 3 is 2.50 bits per heavy atom. The van der Waals surface area contributed by atoms with E-state index in [0.717, 1.165) is 42.5 Å². The highest BCUT2D eigenvalue weighted by atomic mass is 35.5. The SMILES string of the molecule is Nc1cccc(N2CCN(c3ccc(OCC4COC(Cn5cncn5)(c5ccc(Cl)s5)O4)cc3)CC2)c1. The molecule has 11 heteroatoms. The predicted octanol–water partition coefficient (Wildman–Crippen LogP) is 4.25. The molecular weight excluding hydrogens is 524 g/mol.